The highest BCUT2D eigenvalue weighted by Gasteiger charge is 2.32. The Bertz CT molecular complexity index is 454. The fraction of sp³-hybridized carbons (Fsp3) is 0.667. The number of nitrogens with zero attached hydrogens (tertiary/aromatic N) is 2. The van der Waals surface area contributed by atoms with E-state index in [9.17, 15) is 0 Å². The number of benzene rings is 1. The Kier molecular flexibility index (Phi) is 5.21. The van der Waals surface area contributed by atoms with Gasteiger partial charge in [0.15, 0.2) is 0 Å². The van der Waals surface area contributed by atoms with Crippen LogP contribution in [-0.4, -0.2) is 62.2 Å². The molecular formula is C18H29N3O. The average molecular weight is 303 g/mol. The Morgan fingerprint density at radius 2 is 1.68 bits per heavy atom. The Morgan fingerprint density at radius 3 is 2.36 bits per heavy atom. The Labute approximate surface area is 134 Å². The number of anilines is 1. The van der Waals surface area contributed by atoms with E-state index in [-0.39, 0.29) is 0 Å². The molecule has 2 unspecified atom stereocenters. The summed E-state index contributed by atoms with van der Waals surface area (Å²) in [5.74, 6) is 1.00. The molecule has 0 aromatic heterocycles. The number of piperazine rings is 1. The van der Waals surface area contributed by atoms with Crippen molar-refractivity contribution in [2.45, 2.75) is 37.8 Å². The molecule has 2 aliphatic rings. The van der Waals surface area contributed by atoms with Crippen molar-refractivity contribution in [2.75, 3.05) is 45.6 Å². The topological polar surface area (TPSA) is 27.7 Å². The van der Waals surface area contributed by atoms with Gasteiger partial charge in [0.2, 0.25) is 0 Å². The van der Waals surface area contributed by atoms with Gasteiger partial charge in [-0.1, -0.05) is 6.42 Å². The van der Waals surface area contributed by atoms with Crippen molar-refractivity contribution in [3.63, 3.8) is 0 Å². The predicted molar refractivity (Wildman–Crippen MR) is 91.7 cm³/mol. The van der Waals surface area contributed by atoms with Gasteiger partial charge in [0.1, 0.15) is 11.9 Å². The summed E-state index contributed by atoms with van der Waals surface area (Å²) >= 11 is 0. The monoisotopic (exact) mass is 303 g/mol. The lowest BCUT2D eigenvalue weighted by molar-refractivity contribution is 0.0130. The van der Waals surface area contributed by atoms with Crippen LogP contribution in [0.5, 0.6) is 5.75 Å². The number of likely N-dealkylation sites (N-methyl/N-ethyl adjacent to an activating group) is 1. The highest BCUT2D eigenvalue weighted by molar-refractivity contribution is 5.45. The molecule has 1 aromatic rings. The molecule has 122 valence electrons. The van der Waals surface area contributed by atoms with Crippen LogP contribution in [0.2, 0.25) is 0 Å². The quantitative estimate of drug-likeness (QED) is 0.925. The fourth-order valence-corrected chi connectivity index (χ4v) is 3.66. The highest BCUT2D eigenvalue weighted by atomic mass is 16.5. The van der Waals surface area contributed by atoms with E-state index < -0.39 is 0 Å². The molecule has 1 aliphatic carbocycles. The van der Waals surface area contributed by atoms with Crippen LogP contribution >= 0.6 is 0 Å². The van der Waals surface area contributed by atoms with Crippen molar-refractivity contribution in [3.05, 3.63) is 24.3 Å². The lowest BCUT2D eigenvalue weighted by Crippen LogP contribution is -2.54. The second kappa shape index (κ2) is 7.34. The van der Waals surface area contributed by atoms with E-state index in [4.69, 9.17) is 4.74 Å². The van der Waals surface area contributed by atoms with E-state index in [2.05, 4.69) is 46.4 Å². The molecule has 0 radical (unpaired) electrons. The summed E-state index contributed by atoms with van der Waals surface area (Å²) in [6.07, 6.45) is 5.45. The minimum Gasteiger partial charge on any atom is -0.489 e. The van der Waals surface area contributed by atoms with Crippen LogP contribution < -0.4 is 10.1 Å². The molecule has 22 heavy (non-hydrogen) atoms. The van der Waals surface area contributed by atoms with Crippen molar-refractivity contribution in [3.8, 4) is 5.75 Å². The van der Waals surface area contributed by atoms with Crippen LogP contribution in [0.3, 0.4) is 0 Å². The zero-order valence-electron chi connectivity index (χ0n) is 13.9. The van der Waals surface area contributed by atoms with Gasteiger partial charge in [-0.25, -0.2) is 0 Å². The number of ether oxygens (including phenoxy) is 1. The summed E-state index contributed by atoms with van der Waals surface area (Å²) < 4.78 is 6.36. The summed E-state index contributed by atoms with van der Waals surface area (Å²) in [4.78, 5) is 5.08. The van der Waals surface area contributed by atoms with E-state index >= 15 is 0 Å². The molecule has 1 aromatic carbocycles. The normalized spacial score (nSPS) is 27.5. The Morgan fingerprint density at radius 1 is 1.00 bits per heavy atom. The summed E-state index contributed by atoms with van der Waals surface area (Å²) in [5.41, 5.74) is 1.13. The minimum atomic E-state index is 0.345. The van der Waals surface area contributed by atoms with Crippen LogP contribution in [-0.2, 0) is 0 Å². The first-order valence-electron chi connectivity index (χ1n) is 8.63. The van der Waals surface area contributed by atoms with E-state index in [0.29, 0.717) is 12.1 Å². The molecule has 0 spiro atoms. The summed E-state index contributed by atoms with van der Waals surface area (Å²) in [6.45, 7) is 4.72. The van der Waals surface area contributed by atoms with E-state index in [1.54, 1.807) is 0 Å². The van der Waals surface area contributed by atoms with Gasteiger partial charge in [0, 0.05) is 45.0 Å². The summed E-state index contributed by atoms with van der Waals surface area (Å²) in [5, 5.41) is 3.15. The SMILES string of the molecule is CNc1ccc(OC2CCCCC2N2CCN(C)CC2)cc1. The van der Waals surface area contributed by atoms with E-state index in [1.807, 2.05) is 7.05 Å². The molecular weight excluding hydrogens is 274 g/mol. The number of nitrogens with one attached hydrogen (secondary N) is 1. The summed E-state index contributed by atoms with van der Waals surface area (Å²) in [6, 6.07) is 8.93. The number of rotatable bonds is 4. The molecule has 3 rings (SSSR count). The molecule has 4 nitrogen and oxygen atoms in total. The van der Waals surface area contributed by atoms with Gasteiger partial charge in [-0.2, -0.15) is 0 Å². The third-order valence-electron chi connectivity index (χ3n) is 5.11. The van der Waals surface area contributed by atoms with Crippen molar-refractivity contribution >= 4 is 5.69 Å². The smallest absolute Gasteiger partial charge is 0.119 e. The van der Waals surface area contributed by atoms with Crippen LogP contribution in [0, 0.1) is 0 Å². The third kappa shape index (κ3) is 3.73. The van der Waals surface area contributed by atoms with Gasteiger partial charge in [-0.05, 0) is 50.6 Å². The van der Waals surface area contributed by atoms with Gasteiger partial charge in [-0.3, -0.25) is 4.90 Å². The van der Waals surface area contributed by atoms with Crippen LogP contribution in [0.15, 0.2) is 24.3 Å². The molecule has 1 heterocycles. The third-order valence-corrected chi connectivity index (χ3v) is 5.11. The molecule has 1 N–H and O–H groups in total. The molecule has 0 bridgehead atoms. The summed E-state index contributed by atoms with van der Waals surface area (Å²) in [7, 11) is 4.16. The largest absolute Gasteiger partial charge is 0.489 e. The molecule has 2 atom stereocenters. The van der Waals surface area contributed by atoms with Crippen molar-refractivity contribution in [2.24, 2.45) is 0 Å². The first kappa shape index (κ1) is 15.6. The van der Waals surface area contributed by atoms with Gasteiger partial charge in [0.05, 0.1) is 0 Å². The van der Waals surface area contributed by atoms with Crippen molar-refractivity contribution in [1.82, 2.24) is 9.80 Å². The van der Waals surface area contributed by atoms with Crippen LogP contribution in [0.4, 0.5) is 5.69 Å². The molecule has 1 saturated heterocycles. The first-order valence-corrected chi connectivity index (χ1v) is 8.63. The lowest BCUT2D eigenvalue weighted by atomic mass is 9.90. The average Bonchev–Trinajstić information content (AvgIpc) is 2.57. The fourth-order valence-electron chi connectivity index (χ4n) is 3.66. The predicted octanol–water partition coefficient (Wildman–Crippen LogP) is 2.67. The van der Waals surface area contributed by atoms with Crippen LogP contribution in [0.25, 0.3) is 0 Å². The second-order valence-electron chi connectivity index (χ2n) is 6.62. The standard InChI is InChI=1S/C18H29N3O/c1-19-15-7-9-16(10-8-15)22-18-6-4-3-5-17(18)21-13-11-20(2)12-14-21/h7-10,17-19H,3-6,11-14H2,1-2H3. The number of hydrogen-bond donors (Lipinski definition) is 1. The Hall–Kier alpha value is -1.26. The maximum absolute atomic E-state index is 6.36. The zero-order chi connectivity index (χ0) is 15.4. The van der Waals surface area contributed by atoms with Gasteiger partial charge in [0.25, 0.3) is 0 Å². The number of hydrogen-bond acceptors (Lipinski definition) is 4. The molecule has 2 fully saturated rings. The minimum absolute atomic E-state index is 0.345. The maximum atomic E-state index is 6.36. The zero-order valence-corrected chi connectivity index (χ0v) is 13.9. The van der Waals surface area contributed by atoms with Gasteiger partial charge >= 0.3 is 0 Å². The van der Waals surface area contributed by atoms with Crippen molar-refractivity contribution in [1.29, 1.82) is 0 Å². The van der Waals surface area contributed by atoms with Crippen LogP contribution in [0.1, 0.15) is 25.7 Å². The molecule has 1 aliphatic heterocycles. The molecule has 1 saturated carbocycles. The van der Waals surface area contributed by atoms with Gasteiger partial charge in [-0.15, -0.1) is 0 Å². The van der Waals surface area contributed by atoms with E-state index in [1.165, 1.54) is 51.9 Å². The van der Waals surface area contributed by atoms with E-state index in [0.717, 1.165) is 11.4 Å². The Balaban J connectivity index is 1.64. The highest BCUT2D eigenvalue weighted by Crippen LogP contribution is 2.28. The molecule has 4 heteroatoms. The van der Waals surface area contributed by atoms with Crippen molar-refractivity contribution < 1.29 is 4.74 Å². The van der Waals surface area contributed by atoms with Gasteiger partial charge < -0.3 is 15.0 Å². The lowest BCUT2D eigenvalue weighted by Gasteiger charge is -2.43. The maximum Gasteiger partial charge on any atom is 0.119 e. The first-order chi connectivity index (χ1) is 10.8. The molecule has 0 amide bonds. The second-order valence-corrected chi connectivity index (χ2v) is 6.62.